The molecule has 0 aliphatic carbocycles. The van der Waals surface area contributed by atoms with Gasteiger partial charge in [-0.2, -0.15) is 13.2 Å². The number of benzene rings is 1. The molecule has 86 valence electrons. The summed E-state index contributed by atoms with van der Waals surface area (Å²) in [6.07, 6.45) is -3.70. The minimum Gasteiger partial charge on any atom is -0.442 e. The van der Waals surface area contributed by atoms with E-state index >= 15 is 0 Å². The van der Waals surface area contributed by atoms with Crippen molar-refractivity contribution < 1.29 is 22.6 Å². The van der Waals surface area contributed by atoms with Gasteiger partial charge in [0.15, 0.2) is 11.5 Å². The molecule has 2 nitrogen and oxygen atoms in total. The summed E-state index contributed by atoms with van der Waals surface area (Å²) in [7, 11) is 0. The third kappa shape index (κ3) is 1.35. The Balaban J connectivity index is 2.55. The predicted octanol–water partition coefficient (Wildman–Crippen LogP) is 3.21. The van der Waals surface area contributed by atoms with Crippen molar-refractivity contribution in [1.82, 2.24) is 0 Å². The molecule has 1 atom stereocenters. The van der Waals surface area contributed by atoms with E-state index < -0.39 is 12.0 Å². The van der Waals surface area contributed by atoms with Crippen LogP contribution in [0.4, 0.5) is 13.2 Å². The van der Waals surface area contributed by atoms with Crippen LogP contribution in [0.25, 0.3) is 0 Å². The van der Waals surface area contributed by atoms with Gasteiger partial charge in [0.25, 0.3) is 0 Å². The number of hydrogen-bond donors (Lipinski definition) is 0. The third-order valence-electron chi connectivity index (χ3n) is 2.32. The van der Waals surface area contributed by atoms with E-state index in [-0.39, 0.29) is 11.5 Å². The molecular weight excluding hydrogens is 221 g/mol. The Bertz CT molecular complexity index is 445. The van der Waals surface area contributed by atoms with Crippen molar-refractivity contribution in [2.45, 2.75) is 18.9 Å². The third-order valence-corrected chi connectivity index (χ3v) is 2.32. The monoisotopic (exact) mass is 230 g/mol. The standard InChI is InChI=1S/C11H9F3O2/c1-3-10(12)11(13,14)16-9-7(2)5-4-6-8(9)15-10/h3-6H,1H2,2H3. The number of halogens is 3. The first kappa shape index (κ1) is 10.9. The zero-order valence-corrected chi connectivity index (χ0v) is 8.47. The molecule has 0 fully saturated rings. The zero-order valence-electron chi connectivity index (χ0n) is 8.47. The summed E-state index contributed by atoms with van der Waals surface area (Å²) in [5.41, 5.74) is 0.447. The molecule has 0 radical (unpaired) electrons. The molecule has 16 heavy (non-hydrogen) atoms. The lowest BCUT2D eigenvalue weighted by molar-refractivity contribution is -0.319. The van der Waals surface area contributed by atoms with Crippen molar-refractivity contribution in [2.75, 3.05) is 0 Å². The fourth-order valence-electron chi connectivity index (χ4n) is 1.41. The highest BCUT2D eigenvalue weighted by molar-refractivity contribution is 5.48. The Morgan fingerprint density at radius 2 is 1.94 bits per heavy atom. The number of ether oxygens (including phenoxy) is 2. The van der Waals surface area contributed by atoms with Crippen molar-refractivity contribution in [3.05, 3.63) is 36.4 Å². The molecule has 1 aromatic carbocycles. The second-order valence-electron chi connectivity index (χ2n) is 3.47. The van der Waals surface area contributed by atoms with E-state index in [1.54, 1.807) is 19.1 Å². The van der Waals surface area contributed by atoms with Crippen LogP contribution in [-0.2, 0) is 0 Å². The van der Waals surface area contributed by atoms with Crippen molar-refractivity contribution in [1.29, 1.82) is 0 Å². The lowest BCUT2D eigenvalue weighted by Crippen LogP contribution is -2.53. The van der Waals surface area contributed by atoms with Crippen LogP contribution < -0.4 is 9.47 Å². The predicted molar refractivity (Wildman–Crippen MR) is 51.4 cm³/mol. The summed E-state index contributed by atoms with van der Waals surface area (Å²) in [6, 6.07) is 4.48. The van der Waals surface area contributed by atoms with Gasteiger partial charge >= 0.3 is 12.0 Å². The van der Waals surface area contributed by atoms with E-state index in [2.05, 4.69) is 16.1 Å². The van der Waals surface area contributed by atoms with Gasteiger partial charge in [-0.25, -0.2) is 0 Å². The Kier molecular flexibility index (Phi) is 2.15. The molecule has 0 amide bonds. The van der Waals surface area contributed by atoms with Gasteiger partial charge in [-0.3, -0.25) is 0 Å². The Labute approximate surface area is 90.3 Å². The molecule has 5 heteroatoms. The average Bonchev–Trinajstić information content (AvgIpc) is 2.21. The normalized spacial score (nSPS) is 26.2. The van der Waals surface area contributed by atoms with E-state index in [1.165, 1.54) is 6.07 Å². The topological polar surface area (TPSA) is 18.5 Å². The number of fused-ring (bicyclic) bond motifs is 1. The largest absolute Gasteiger partial charge is 0.475 e. The van der Waals surface area contributed by atoms with Gasteiger partial charge in [0, 0.05) is 0 Å². The van der Waals surface area contributed by atoms with Crippen molar-refractivity contribution in [2.24, 2.45) is 0 Å². The van der Waals surface area contributed by atoms with Gasteiger partial charge in [0.05, 0.1) is 0 Å². The van der Waals surface area contributed by atoms with Gasteiger partial charge in [0.2, 0.25) is 0 Å². The van der Waals surface area contributed by atoms with Crippen LogP contribution in [0.15, 0.2) is 30.9 Å². The molecule has 0 spiro atoms. The number of alkyl halides is 3. The van der Waals surface area contributed by atoms with Crippen molar-refractivity contribution >= 4 is 0 Å². The highest BCUT2D eigenvalue weighted by Crippen LogP contribution is 2.47. The second-order valence-corrected chi connectivity index (χ2v) is 3.47. The van der Waals surface area contributed by atoms with E-state index in [0.717, 1.165) is 0 Å². The molecule has 0 N–H and O–H groups in total. The number of para-hydroxylation sites is 1. The molecule has 2 rings (SSSR count). The summed E-state index contributed by atoms with van der Waals surface area (Å²) in [4.78, 5) is 0. The lowest BCUT2D eigenvalue weighted by Gasteiger charge is -2.36. The lowest BCUT2D eigenvalue weighted by atomic mass is 10.1. The number of hydrogen-bond acceptors (Lipinski definition) is 2. The maximum atomic E-state index is 13.7. The summed E-state index contributed by atoms with van der Waals surface area (Å²) >= 11 is 0. The van der Waals surface area contributed by atoms with Crippen LogP contribution in [0.3, 0.4) is 0 Å². The van der Waals surface area contributed by atoms with E-state index in [0.29, 0.717) is 11.6 Å². The molecule has 1 aromatic rings. The minimum atomic E-state index is -4.09. The molecule has 1 unspecified atom stereocenters. The SMILES string of the molecule is C=CC1(F)Oc2cccc(C)c2OC1(F)F. The van der Waals surface area contributed by atoms with Gasteiger partial charge in [-0.15, -0.1) is 0 Å². The Hall–Kier alpha value is -1.65. The van der Waals surface area contributed by atoms with Gasteiger partial charge in [-0.05, 0) is 24.6 Å². The highest BCUT2D eigenvalue weighted by atomic mass is 19.3. The molecule has 1 aliphatic rings. The van der Waals surface area contributed by atoms with Crippen LogP contribution in [0.2, 0.25) is 0 Å². The van der Waals surface area contributed by atoms with Crippen LogP contribution >= 0.6 is 0 Å². The summed E-state index contributed by atoms with van der Waals surface area (Å²) in [5.74, 6) is -3.55. The van der Waals surface area contributed by atoms with Crippen LogP contribution in [0.1, 0.15) is 5.56 Å². The molecule has 0 saturated heterocycles. The maximum absolute atomic E-state index is 13.7. The average molecular weight is 230 g/mol. The first-order valence-corrected chi connectivity index (χ1v) is 4.57. The van der Waals surface area contributed by atoms with E-state index in [9.17, 15) is 13.2 Å². The molecule has 0 aromatic heterocycles. The Morgan fingerprint density at radius 3 is 2.56 bits per heavy atom. The molecular formula is C11H9F3O2. The van der Waals surface area contributed by atoms with Crippen molar-refractivity contribution in [3.63, 3.8) is 0 Å². The smallest absolute Gasteiger partial charge is 0.442 e. The van der Waals surface area contributed by atoms with E-state index in [1.807, 2.05) is 0 Å². The van der Waals surface area contributed by atoms with Crippen molar-refractivity contribution in [3.8, 4) is 11.5 Å². The molecule has 0 bridgehead atoms. The fourth-order valence-corrected chi connectivity index (χ4v) is 1.41. The molecule has 1 aliphatic heterocycles. The first-order chi connectivity index (χ1) is 7.39. The second kappa shape index (κ2) is 3.17. The fraction of sp³-hybridized carbons (Fsp3) is 0.273. The minimum absolute atomic E-state index is 0.0617. The van der Waals surface area contributed by atoms with E-state index in [4.69, 9.17) is 0 Å². The quantitative estimate of drug-likeness (QED) is 0.689. The molecule has 0 saturated carbocycles. The van der Waals surface area contributed by atoms with Gasteiger partial charge < -0.3 is 9.47 Å². The van der Waals surface area contributed by atoms with Crippen LogP contribution in [0, 0.1) is 6.92 Å². The number of rotatable bonds is 1. The summed E-state index contributed by atoms with van der Waals surface area (Å²) in [5, 5.41) is 0. The maximum Gasteiger partial charge on any atom is 0.475 e. The van der Waals surface area contributed by atoms with Gasteiger partial charge in [0.1, 0.15) is 0 Å². The van der Waals surface area contributed by atoms with Crippen LogP contribution in [-0.4, -0.2) is 12.0 Å². The highest BCUT2D eigenvalue weighted by Gasteiger charge is 2.62. The molecule has 1 heterocycles. The van der Waals surface area contributed by atoms with Crippen LogP contribution in [0.5, 0.6) is 11.5 Å². The summed E-state index contributed by atoms with van der Waals surface area (Å²) < 4.78 is 49.3. The zero-order chi connectivity index (χ0) is 12.0. The van der Waals surface area contributed by atoms with Gasteiger partial charge in [-0.1, -0.05) is 18.7 Å². The Morgan fingerprint density at radius 1 is 1.25 bits per heavy atom. The summed E-state index contributed by atoms with van der Waals surface area (Å²) in [6.45, 7) is 4.55. The number of aryl methyl sites for hydroxylation is 1. The first-order valence-electron chi connectivity index (χ1n) is 4.57.